The van der Waals surface area contributed by atoms with Gasteiger partial charge in [0.2, 0.25) is 0 Å². The number of carbonyl (C=O) groups is 1. The summed E-state index contributed by atoms with van der Waals surface area (Å²) in [5, 5.41) is 19.6. The molecule has 4 nitrogen and oxygen atoms in total. The lowest BCUT2D eigenvalue weighted by Gasteiger charge is -2.11. The van der Waals surface area contributed by atoms with E-state index >= 15 is 0 Å². The molecule has 0 fully saturated rings. The molecule has 4 heteroatoms. The van der Waals surface area contributed by atoms with Crippen LogP contribution in [0, 0.1) is 6.92 Å². The Morgan fingerprint density at radius 3 is 2.43 bits per heavy atom. The molecule has 0 aliphatic carbocycles. The second-order valence-electron chi connectivity index (χ2n) is 4.55. The first kappa shape index (κ1) is 14.7. The quantitative estimate of drug-likeness (QED) is 0.667. The predicted molar refractivity (Wildman–Crippen MR) is 80.9 cm³/mol. The highest BCUT2D eigenvalue weighted by Gasteiger charge is 2.14. The fourth-order valence-corrected chi connectivity index (χ4v) is 2.03. The van der Waals surface area contributed by atoms with Crippen molar-refractivity contribution < 1.29 is 19.7 Å². The lowest BCUT2D eigenvalue weighted by Crippen LogP contribution is -1.95. The molecule has 0 atom stereocenters. The van der Waals surface area contributed by atoms with Gasteiger partial charge in [0.15, 0.2) is 5.78 Å². The van der Waals surface area contributed by atoms with Gasteiger partial charge in [-0.15, -0.1) is 0 Å². The van der Waals surface area contributed by atoms with Gasteiger partial charge in [-0.25, -0.2) is 0 Å². The van der Waals surface area contributed by atoms with E-state index in [0.717, 1.165) is 0 Å². The van der Waals surface area contributed by atoms with E-state index < -0.39 is 0 Å². The van der Waals surface area contributed by atoms with E-state index in [1.54, 1.807) is 31.2 Å². The molecule has 0 aliphatic heterocycles. The maximum absolute atomic E-state index is 12.0. The van der Waals surface area contributed by atoms with Crippen molar-refractivity contribution in [1.82, 2.24) is 0 Å². The molecule has 2 aromatic carbocycles. The normalized spacial score (nSPS) is 10.8. The van der Waals surface area contributed by atoms with Crippen LogP contribution in [0.25, 0.3) is 6.08 Å². The molecule has 0 saturated carbocycles. The standard InChI is InChI=1S/C17H16O4/c1-11-15(19)10-16(20)13(17(11)21-2)8-9-14(18)12-6-4-3-5-7-12/h3-10,19-20H,1-2H3/b9-8+. The molecule has 0 aliphatic rings. The van der Waals surface area contributed by atoms with Crippen LogP contribution >= 0.6 is 0 Å². The Balaban J connectivity index is 2.38. The molecule has 0 unspecified atom stereocenters. The van der Waals surface area contributed by atoms with Gasteiger partial charge in [-0.05, 0) is 19.1 Å². The highest BCUT2D eigenvalue weighted by molar-refractivity contribution is 6.07. The summed E-state index contributed by atoms with van der Waals surface area (Å²) in [6, 6.07) is 10.1. The summed E-state index contributed by atoms with van der Waals surface area (Å²) < 4.78 is 5.19. The highest BCUT2D eigenvalue weighted by Crippen LogP contribution is 2.38. The van der Waals surface area contributed by atoms with Gasteiger partial charge in [-0.1, -0.05) is 30.3 Å². The average Bonchev–Trinajstić information content (AvgIpc) is 2.50. The number of phenols is 2. The predicted octanol–water partition coefficient (Wildman–Crippen LogP) is 3.31. The van der Waals surface area contributed by atoms with Crippen molar-refractivity contribution in [2.24, 2.45) is 0 Å². The van der Waals surface area contributed by atoms with Crippen LogP contribution in [0.1, 0.15) is 21.5 Å². The maximum Gasteiger partial charge on any atom is 0.185 e. The van der Waals surface area contributed by atoms with Gasteiger partial charge in [-0.3, -0.25) is 4.79 Å². The van der Waals surface area contributed by atoms with Crippen LogP contribution in [0.3, 0.4) is 0 Å². The number of ketones is 1. The van der Waals surface area contributed by atoms with Crippen LogP contribution in [-0.4, -0.2) is 23.1 Å². The van der Waals surface area contributed by atoms with E-state index in [1.165, 1.54) is 25.3 Å². The van der Waals surface area contributed by atoms with Crippen LogP contribution in [0.4, 0.5) is 0 Å². The first-order valence-corrected chi connectivity index (χ1v) is 6.41. The Hall–Kier alpha value is -2.75. The number of rotatable bonds is 4. The Bertz CT molecular complexity index is 688. The van der Waals surface area contributed by atoms with Gasteiger partial charge in [0.1, 0.15) is 17.2 Å². The number of aromatic hydroxyl groups is 2. The number of hydrogen-bond donors (Lipinski definition) is 2. The zero-order chi connectivity index (χ0) is 15.4. The molecular formula is C17H16O4. The molecule has 0 heterocycles. The average molecular weight is 284 g/mol. The summed E-state index contributed by atoms with van der Waals surface area (Å²) in [7, 11) is 1.44. The molecular weight excluding hydrogens is 268 g/mol. The molecule has 0 radical (unpaired) electrons. The Labute approximate surface area is 122 Å². The van der Waals surface area contributed by atoms with Crippen molar-refractivity contribution >= 4 is 11.9 Å². The summed E-state index contributed by atoms with van der Waals surface area (Å²) in [6.45, 7) is 1.67. The largest absolute Gasteiger partial charge is 0.507 e. The number of hydrogen-bond acceptors (Lipinski definition) is 4. The molecule has 21 heavy (non-hydrogen) atoms. The van der Waals surface area contributed by atoms with Gasteiger partial charge < -0.3 is 14.9 Å². The van der Waals surface area contributed by atoms with Crippen LogP contribution < -0.4 is 4.74 Å². The summed E-state index contributed by atoms with van der Waals surface area (Å²) in [5.74, 6) is -0.0460. The minimum Gasteiger partial charge on any atom is -0.507 e. The highest BCUT2D eigenvalue weighted by atomic mass is 16.5. The van der Waals surface area contributed by atoms with E-state index in [1.807, 2.05) is 6.07 Å². The summed E-state index contributed by atoms with van der Waals surface area (Å²) in [4.78, 5) is 12.0. The zero-order valence-electron chi connectivity index (χ0n) is 11.8. The summed E-state index contributed by atoms with van der Waals surface area (Å²) in [5.41, 5.74) is 1.42. The Morgan fingerprint density at radius 1 is 1.14 bits per heavy atom. The van der Waals surface area contributed by atoms with Gasteiger partial charge >= 0.3 is 0 Å². The number of allylic oxidation sites excluding steroid dienone is 1. The monoisotopic (exact) mass is 284 g/mol. The number of ether oxygens (including phenoxy) is 1. The Morgan fingerprint density at radius 2 is 1.81 bits per heavy atom. The van der Waals surface area contributed by atoms with Gasteiger partial charge in [0, 0.05) is 17.2 Å². The molecule has 2 rings (SSSR count). The van der Waals surface area contributed by atoms with Crippen molar-refractivity contribution in [2.45, 2.75) is 6.92 Å². The third-order valence-electron chi connectivity index (χ3n) is 3.18. The molecule has 2 aromatic rings. The van der Waals surface area contributed by atoms with E-state index in [4.69, 9.17) is 4.74 Å². The third-order valence-corrected chi connectivity index (χ3v) is 3.18. The number of carbonyl (C=O) groups excluding carboxylic acids is 1. The smallest absolute Gasteiger partial charge is 0.185 e. The third kappa shape index (κ3) is 3.05. The molecule has 0 aromatic heterocycles. The van der Waals surface area contributed by atoms with Gasteiger partial charge in [0.05, 0.1) is 12.7 Å². The molecule has 0 saturated heterocycles. The molecule has 0 amide bonds. The first-order chi connectivity index (χ1) is 10.0. The van der Waals surface area contributed by atoms with Gasteiger partial charge in [-0.2, -0.15) is 0 Å². The minimum atomic E-state index is -0.178. The van der Waals surface area contributed by atoms with Gasteiger partial charge in [0.25, 0.3) is 0 Å². The second kappa shape index (κ2) is 6.13. The number of phenolic OH excluding ortho intramolecular Hbond substituents is 2. The number of methoxy groups -OCH3 is 1. The SMILES string of the molecule is COc1c(C)c(O)cc(O)c1/C=C/C(=O)c1ccccc1. The molecule has 0 spiro atoms. The van der Waals surface area contributed by atoms with Crippen LogP contribution in [0.5, 0.6) is 17.2 Å². The van der Waals surface area contributed by atoms with Crippen molar-refractivity contribution in [2.75, 3.05) is 7.11 Å². The molecule has 0 bridgehead atoms. The van der Waals surface area contributed by atoms with Crippen molar-refractivity contribution in [1.29, 1.82) is 0 Å². The lowest BCUT2D eigenvalue weighted by molar-refractivity contribution is 0.104. The van der Waals surface area contributed by atoms with Crippen LogP contribution in [-0.2, 0) is 0 Å². The van der Waals surface area contributed by atoms with Crippen molar-refractivity contribution in [3.05, 3.63) is 59.2 Å². The topological polar surface area (TPSA) is 66.8 Å². The summed E-state index contributed by atoms with van der Waals surface area (Å²) in [6.07, 6.45) is 2.85. The minimum absolute atomic E-state index is 0.0594. The van der Waals surface area contributed by atoms with Crippen LogP contribution in [0.2, 0.25) is 0 Å². The van der Waals surface area contributed by atoms with Crippen molar-refractivity contribution in [3.8, 4) is 17.2 Å². The van der Waals surface area contributed by atoms with E-state index in [-0.39, 0.29) is 17.3 Å². The second-order valence-corrected chi connectivity index (χ2v) is 4.55. The van der Waals surface area contributed by atoms with Crippen LogP contribution in [0.15, 0.2) is 42.5 Å². The molecule has 108 valence electrons. The first-order valence-electron chi connectivity index (χ1n) is 6.41. The van der Waals surface area contributed by atoms with E-state index in [2.05, 4.69) is 0 Å². The lowest BCUT2D eigenvalue weighted by atomic mass is 10.0. The maximum atomic E-state index is 12.0. The fraction of sp³-hybridized carbons (Fsp3) is 0.118. The van der Waals surface area contributed by atoms with E-state index in [0.29, 0.717) is 22.4 Å². The zero-order valence-corrected chi connectivity index (χ0v) is 11.8. The fourth-order valence-electron chi connectivity index (χ4n) is 2.03. The Kier molecular flexibility index (Phi) is 4.28. The molecule has 2 N–H and O–H groups in total. The number of benzene rings is 2. The van der Waals surface area contributed by atoms with Crippen molar-refractivity contribution in [3.63, 3.8) is 0 Å². The summed E-state index contributed by atoms with van der Waals surface area (Å²) >= 11 is 0. The van der Waals surface area contributed by atoms with E-state index in [9.17, 15) is 15.0 Å².